The maximum atomic E-state index is 13.0. The van der Waals surface area contributed by atoms with Gasteiger partial charge in [0.15, 0.2) is 5.82 Å². The van der Waals surface area contributed by atoms with Crippen LogP contribution in [0.25, 0.3) is 22.3 Å². The van der Waals surface area contributed by atoms with Gasteiger partial charge in [-0.2, -0.15) is 0 Å². The van der Waals surface area contributed by atoms with Gasteiger partial charge in [0, 0.05) is 21.6 Å². The highest BCUT2D eigenvalue weighted by molar-refractivity contribution is 9.10. The second-order valence-corrected chi connectivity index (χ2v) is 8.78. The number of anilines is 1. The van der Waals surface area contributed by atoms with E-state index in [0.717, 1.165) is 27.4 Å². The van der Waals surface area contributed by atoms with Crippen molar-refractivity contribution < 1.29 is 9.59 Å². The summed E-state index contributed by atoms with van der Waals surface area (Å²) in [4.78, 5) is 36.4. The lowest BCUT2D eigenvalue weighted by Gasteiger charge is -2.17. The molecule has 1 saturated carbocycles. The number of halogens is 1. The van der Waals surface area contributed by atoms with Crippen LogP contribution in [0.5, 0.6) is 0 Å². The van der Waals surface area contributed by atoms with E-state index in [1.54, 1.807) is 6.20 Å². The van der Waals surface area contributed by atoms with Crippen LogP contribution in [0.15, 0.2) is 65.3 Å². The van der Waals surface area contributed by atoms with Crippen LogP contribution in [0, 0.1) is 23.7 Å². The maximum Gasteiger partial charge on any atom is 0.238 e. The standard InChI is InChI=1S/C23H16BrN3O2/c24-17-3-1-2-15-11-25-21(26-20(15)17)12-6-8-16(9-7-12)27-22(28)18-13-4-5-14(10-13)19(18)23(27)29/h1-9,11,13-14,18-19H,10H2. The SMILES string of the molecule is O=C1C2C3C=CC(C3)C2C(=O)N1c1ccc(-c2ncc3cccc(Br)c3n2)cc1. The van der Waals surface area contributed by atoms with Gasteiger partial charge in [0.1, 0.15) is 0 Å². The fourth-order valence-electron chi connectivity index (χ4n) is 5.08. The molecule has 6 heteroatoms. The predicted octanol–water partition coefficient (Wildman–Crippen LogP) is 4.37. The monoisotopic (exact) mass is 445 g/mol. The molecule has 4 unspecified atom stereocenters. The van der Waals surface area contributed by atoms with Gasteiger partial charge < -0.3 is 0 Å². The van der Waals surface area contributed by atoms with Crippen molar-refractivity contribution in [1.29, 1.82) is 0 Å². The van der Waals surface area contributed by atoms with Crippen LogP contribution in [0.1, 0.15) is 6.42 Å². The number of benzene rings is 2. The van der Waals surface area contributed by atoms with Gasteiger partial charge in [-0.3, -0.25) is 14.5 Å². The highest BCUT2D eigenvalue weighted by Gasteiger charge is 2.59. The summed E-state index contributed by atoms with van der Waals surface area (Å²) in [5.41, 5.74) is 2.31. The first-order valence-electron chi connectivity index (χ1n) is 9.69. The summed E-state index contributed by atoms with van der Waals surface area (Å²) >= 11 is 3.53. The van der Waals surface area contributed by atoms with Crippen LogP contribution >= 0.6 is 15.9 Å². The van der Waals surface area contributed by atoms with Gasteiger partial charge in [-0.1, -0.05) is 24.3 Å². The molecular weight excluding hydrogens is 430 g/mol. The molecule has 1 saturated heterocycles. The van der Waals surface area contributed by atoms with E-state index in [1.807, 2.05) is 42.5 Å². The summed E-state index contributed by atoms with van der Waals surface area (Å²) in [7, 11) is 0. The van der Waals surface area contributed by atoms with Crippen molar-refractivity contribution in [3.63, 3.8) is 0 Å². The van der Waals surface area contributed by atoms with E-state index in [0.29, 0.717) is 11.5 Å². The predicted molar refractivity (Wildman–Crippen MR) is 113 cm³/mol. The van der Waals surface area contributed by atoms with E-state index < -0.39 is 0 Å². The smallest absolute Gasteiger partial charge is 0.238 e. The second kappa shape index (κ2) is 6.07. The molecule has 0 radical (unpaired) electrons. The fraction of sp³-hybridized carbons (Fsp3) is 0.217. The number of imide groups is 1. The number of amides is 2. The molecule has 2 aromatic carbocycles. The lowest BCUT2D eigenvalue weighted by Crippen LogP contribution is -2.32. The third kappa shape index (κ3) is 2.38. The van der Waals surface area contributed by atoms with E-state index >= 15 is 0 Å². The van der Waals surface area contributed by atoms with E-state index in [4.69, 9.17) is 0 Å². The van der Waals surface area contributed by atoms with Crippen LogP contribution in [0.3, 0.4) is 0 Å². The third-order valence-electron chi connectivity index (χ3n) is 6.42. The van der Waals surface area contributed by atoms with Crippen LogP contribution in [-0.2, 0) is 9.59 Å². The zero-order valence-electron chi connectivity index (χ0n) is 15.3. The Morgan fingerprint density at radius 3 is 2.31 bits per heavy atom. The minimum atomic E-state index is -0.182. The van der Waals surface area contributed by atoms with Crippen molar-refractivity contribution in [2.45, 2.75) is 6.42 Å². The second-order valence-electron chi connectivity index (χ2n) is 7.93. The van der Waals surface area contributed by atoms with Crippen molar-refractivity contribution in [2.75, 3.05) is 4.90 Å². The molecule has 1 aromatic heterocycles. The van der Waals surface area contributed by atoms with Crippen LogP contribution < -0.4 is 4.90 Å². The Morgan fingerprint density at radius 1 is 0.931 bits per heavy atom. The summed E-state index contributed by atoms with van der Waals surface area (Å²) in [5.74, 6) is 0.558. The van der Waals surface area contributed by atoms with Gasteiger partial charge in [0.05, 0.1) is 23.0 Å². The zero-order chi connectivity index (χ0) is 19.7. The normalized spacial score (nSPS) is 27.3. The van der Waals surface area contributed by atoms with E-state index in [1.165, 1.54) is 4.90 Å². The largest absolute Gasteiger partial charge is 0.274 e. The van der Waals surface area contributed by atoms with Crippen LogP contribution in [-0.4, -0.2) is 21.8 Å². The molecule has 0 N–H and O–H groups in total. The Labute approximate surface area is 175 Å². The highest BCUT2D eigenvalue weighted by atomic mass is 79.9. The number of hydrogen-bond acceptors (Lipinski definition) is 4. The van der Waals surface area contributed by atoms with Gasteiger partial charge in [0.25, 0.3) is 0 Å². The average molecular weight is 446 g/mol. The number of nitrogens with zero attached hydrogens (tertiary/aromatic N) is 3. The van der Waals surface area contributed by atoms with Crippen molar-refractivity contribution in [3.05, 3.63) is 65.3 Å². The van der Waals surface area contributed by atoms with Crippen molar-refractivity contribution in [2.24, 2.45) is 23.7 Å². The number of allylic oxidation sites excluding steroid dienone is 2. The fourth-order valence-corrected chi connectivity index (χ4v) is 5.55. The maximum absolute atomic E-state index is 13.0. The number of aromatic nitrogens is 2. The number of carbonyl (C=O) groups excluding carboxylic acids is 2. The summed E-state index contributed by atoms with van der Waals surface area (Å²) in [6, 6.07) is 13.2. The molecule has 5 nitrogen and oxygen atoms in total. The number of hydrogen-bond donors (Lipinski definition) is 0. The van der Waals surface area contributed by atoms with Crippen molar-refractivity contribution >= 4 is 44.3 Å². The van der Waals surface area contributed by atoms with Crippen LogP contribution in [0.4, 0.5) is 5.69 Å². The Bertz CT molecular complexity index is 1190. The van der Waals surface area contributed by atoms with Gasteiger partial charge in [-0.25, -0.2) is 9.97 Å². The van der Waals surface area contributed by atoms with E-state index in [2.05, 4.69) is 38.0 Å². The number of para-hydroxylation sites is 1. The molecule has 3 aliphatic rings. The lowest BCUT2D eigenvalue weighted by atomic mass is 9.85. The molecule has 1 aliphatic heterocycles. The van der Waals surface area contributed by atoms with Crippen molar-refractivity contribution in [3.8, 4) is 11.4 Å². The molecule has 0 spiro atoms. The molecule has 4 atom stereocenters. The third-order valence-corrected chi connectivity index (χ3v) is 7.06. The summed E-state index contributed by atoms with van der Waals surface area (Å²) in [6.07, 6.45) is 6.96. The molecule has 2 bridgehead atoms. The first-order chi connectivity index (χ1) is 14.1. The average Bonchev–Trinajstić information content (AvgIpc) is 3.42. The molecule has 29 heavy (non-hydrogen) atoms. The summed E-state index contributed by atoms with van der Waals surface area (Å²) in [5, 5.41) is 0.961. The minimum absolute atomic E-state index is 0.0597. The van der Waals surface area contributed by atoms with Gasteiger partial charge >= 0.3 is 0 Å². The van der Waals surface area contributed by atoms with Gasteiger partial charge in [-0.05, 0) is 64.5 Å². The Hall–Kier alpha value is -2.86. The Kier molecular flexibility index (Phi) is 3.56. The first kappa shape index (κ1) is 17.0. The molecule has 2 aliphatic carbocycles. The molecule has 6 rings (SSSR count). The van der Waals surface area contributed by atoms with Gasteiger partial charge in [0.2, 0.25) is 11.8 Å². The molecule has 3 aromatic rings. The van der Waals surface area contributed by atoms with Crippen molar-refractivity contribution in [1.82, 2.24) is 9.97 Å². The molecule has 2 fully saturated rings. The Morgan fingerprint density at radius 2 is 1.62 bits per heavy atom. The molecule has 2 heterocycles. The molecular formula is C23H16BrN3O2. The summed E-state index contributed by atoms with van der Waals surface area (Å²) < 4.78 is 0.915. The quantitative estimate of drug-likeness (QED) is 0.433. The number of rotatable bonds is 2. The number of carbonyl (C=O) groups is 2. The highest BCUT2D eigenvalue weighted by Crippen LogP contribution is 2.53. The zero-order valence-corrected chi connectivity index (χ0v) is 16.9. The van der Waals surface area contributed by atoms with Gasteiger partial charge in [-0.15, -0.1) is 0 Å². The molecule has 142 valence electrons. The Balaban J connectivity index is 1.33. The first-order valence-corrected chi connectivity index (χ1v) is 10.5. The van der Waals surface area contributed by atoms with Crippen LogP contribution in [0.2, 0.25) is 0 Å². The topological polar surface area (TPSA) is 63.2 Å². The van der Waals surface area contributed by atoms with E-state index in [9.17, 15) is 9.59 Å². The van der Waals surface area contributed by atoms with E-state index in [-0.39, 0.29) is 35.5 Å². The minimum Gasteiger partial charge on any atom is -0.274 e. The molecule has 2 amide bonds. The number of fused-ring (bicyclic) bond motifs is 6. The lowest BCUT2D eigenvalue weighted by molar-refractivity contribution is -0.123. The summed E-state index contributed by atoms with van der Waals surface area (Å²) in [6.45, 7) is 0.